The first-order chi connectivity index (χ1) is 7.67. The summed E-state index contributed by atoms with van der Waals surface area (Å²) in [4.78, 5) is 0. The molecule has 0 amide bonds. The van der Waals surface area contributed by atoms with Gasteiger partial charge in [0.2, 0.25) is 0 Å². The molecule has 1 heteroatoms. The van der Waals surface area contributed by atoms with Gasteiger partial charge in [0.05, 0.1) is 0 Å². The number of hydrogen-bond acceptors (Lipinski definition) is 1. The number of rotatable bonds is 6. The Hall–Kier alpha value is -0.820. The van der Waals surface area contributed by atoms with Gasteiger partial charge in [-0.15, -0.1) is 0 Å². The van der Waals surface area contributed by atoms with E-state index in [4.69, 9.17) is 0 Å². The van der Waals surface area contributed by atoms with E-state index in [1.807, 2.05) is 7.05 Å². The van der Waals surface area contributed by atoms with Crippen LogP contribution in [0, 0.1) is 5.92 Å². The molecule has 16 heavy (non-hydrogen) atoms. The Morgan fingerprint density at radius 1 is 1.12 bits per heavy atom. The highest BCUT2D eigenvalue weighted by atomic mass is 14.8. The van der Waals surface area contributed by atoms with E-state index in [9.17, 15) is 0 Å². The monoisotopic (exact) mass is 219 g/mol. The van der Waals surface area contributed by atoms with Gasteiger partial charge in [0.25, 0.3) is 0 Å². The van der Waals surface area contributed by atoms with Gasteiger partial charge in [-0.05, 0) is 42.9 Å². The summed E-state index contributed by atoms with van der Waals surface area (Å²) in [5.74, 6) is 1.39. The maximum Gasteiger partial charge on any atom is 0.00170 e. The Labute approximate surface area is 100 Å². The van der Waals surface area contributed by atoms with Crippen molar-refractivity contribution < 1.29 is 0 Å². The van der Waals surface area contributed by atoms with E-state index in [1.54, 1.807) is 0 Å². The zero-order chi connectivity index (χ0) is 12.0. The van der Waals surface area contributed by atoms with Crippen LogP contribution in [0.25, 0.3) is 0 Å². The number of nitrogens with one attached hydrogen (secondary N) is 1. The van der Waals surface area contributed by atoms with Gasteiger partial charge in [0.15, 0.2) is 0 Å². The van der Waals surface area contributed by atoms with Crippen molar-refractivity contribution in [1.82, 2.24) is 5.32 Å². The van der Waals surface area contributed by atoms with E-state index in [0.717, 1.165) is 12.5 Å². The van der Waals surface area contributed by atoms with E-state index in [-0.39, 0.29) is 0 Å². The Morgan fingerprint density at radius 2 is 1.75 bits per heavy atom. The Morgan fingerprint density at radius 3 is 2.19 bits per heavy atom. The minimum atomic E-state index is 0.651. The van der Waals surface area contributed by atoms with Crippen molar-refractivity contribution >= 4 is 0 Å². The van der Waals surface area contributed by atoms with Crippen LogP contribution in [-0.4, -0.2) is 13.6 Å². The van der Waals surface area contributed by atoms with E-state index < -0.39 is 0 Å². The minimum Gasteiger partial charge on any atom is -0.319 e. The second-order valence-corrected chi connectivity index (χ2v) is 5.00. The molecule has 0 spiro atoms. The fourth-order valence-corrected chi connectivity index (χ4v) is 2.14. The fraction of sp³-hybridized carbons (Fsp3) is 0.600. The molecule has 1 atom stereocenters. The SMILES string of the molecule is CCC(CNC)c1ccc(CC(C)C)cc1. The Kier molecular flexibility index (Phi) is 5.54. The lowest BCUT2D eigenvalue weighted by Gasteiger charge is -2.15. The second-order valence-electron chi connectivity index (χ2n) is 5.00. The summed E-state index contributed by atoms with van der Waals surface area (Å²) >= 11 is 0. The van der Waals surface area contributed by atoms with Crippen molar-refractivity contribution in [3.05, 3.63) is 35.4 Å². The first kappa shape index (κ1) is 13.2. The summed E-state index contributed by atoms with van der Waals surface area (Å²) in [5.41, 5.74) is 2.92. The van der Waals surface area contributed by atoms with Crippen LogP contribution in [-0.2, 0) is 6.42 Å². The molecule has 1 aromatic rings. The van der Waals surface area contributed by atoms with Crippen molar-refractivity contribution in [3.63, 3.8) is 0 Å². The van der Waals surface area contributed by atoms with Crippen LogP contribution in [0.4, 0.5) is 0 Å². The fourth-order valence-electron chi connectivity index (χ4n) is 2.14. The quantitative estimate of drug-likeness (QED) is 0.771. The van der Waals surface area contributed by atoms with Crippen LogP contribution in [0.15, 0.2) is 24.3 Å². The summed E-state index contributed by atoms with van der Waals surface area (Å²) in [6.07, 6.45) is 2.38. The Balaban J connectivity index is 2.69. The number of hydrogen-bond donors (Lipinski definition) is 1. The van der Waals surface area contributed by atoms with Gasteiger partial charge in [-0.25, -0.2) is 0 Å². The van der Waals surface area contributed by atoms with Crippen molar-refractivity contribution in [2.75, 3.05) is 13.6 Å². The average Bonchev–Trinajstić information content (AvgIpc) is 2.26. The molecule has 0 saturated carbocycles. The lowest BCUT2D eigenvalue weighted by atomic mass is 9.94. The molecule has 0 saturated heterocycles. The Bertz CT molecular complexity index is 287. The second kappa shape index (κ2) is 6.70. The van der Waals surface area contributed by atoms with E-state index in [2.05, 4.69) is 50.4 Å². The summed E-state index contributed by atoms with van der Waals surface area (Å²) in [5, 5.41) is 3.26. The predicted octanol–water partition coefficient (Wildman–Crippen LogP) is 3.60. The molecule has 1 aromatic carbocycles. The van der Waals surface area contributed by atoms with E-state index in [0.29, 0.717) is 5.92 Å². The zero-order valence-corrected chi connectivity index (χ0v) is 11.1. The van der Waals surface area contributed by atoms with Gasteiger partial charge in [-0.2, -0.15) is 0 Å². The molecular weight excluding hydrogens is 194 g/mol. The minimum absolute atomic E-state index is 0.651. The normalized spacial score (nSPS) is 13.1. The third kappa shape index (κ3) is 3.97. The summed E-state index contributed by atoms with van der Waals surface area (Å²) in [6, 6.07) is 9.16. The largest absolute Gasteiger partial charge is 0.319 e. The summed E-state index contributed by atoms with van der Waals surface area (Å²) < 4.78 is 0. The molecule has 0 radical (unpaired) electrons. The van der Waals surface area contributed by atoms with Gasteiger partial charge in [0, 0.05) is 6.54 Å². The van der Waals surface area contributed by atoms with E-state index >= 15 is 0 Å². The molecule has 1 rings (SSSR count). The number of benzene rings is 1. The van der Waals surface area contributed by atoms with E-state index in [1.165, 1.54) is 24.0 Å². The third-order valence-corrected chi connectivity index (χ3v) is 3.04. The van der Waals surface area contributed by atoms with Crippen molar-refractivity contribution in [2.24, 2.45) is 5.92 Å². The molecule has 1 nitrogen and oxygen atoms in total. The topological polar surface area (TPSA) is 12.0 Å². The van der Waals surface area contributed by atoms with Crippen LogP contribution in [0.3, 0.4) is 0 Å². The average molecular weight is 219 g/mol. The maximum absolute atomic E-state index is 3.26. The van der Waals surface area contributed by atoms with Crippen molar-refractivity contribution in [2.45, 2.75) is 39.5 Å². The van der Waals surface area contributed by atoms with Gasteiger partial charge < -0.3 is 5.32 Å². The summed E-state index contributed by atoms with van der Waals surface area (Å²) in [7, 11) is 2.02. The van der Waals surface area contributed by atoms with Crippen LogP contribution in [0.2, 0.25) is 0 Å². The van der Waals surface area contributed by atoms with Crippen LogP contribution in [0.5, 0.6) is 0 Å². The molecule has 0 heterocycles. The molecule has 1 unspecified atom stereocenters. The standard InChI is InChI=1S/C15H25N/c1-5-14(11-16-4)15-8-6-13(7-9-15)10-12(2)3/h6-9,12,14,16H,5,10-11H2,1-4H3. The maximum atomic E-state index is 3.26. The number of likely N-dealkylation sites (N-methyl/N-ethyl adjacent to an activating group) is 1. The summed E-state index contributed by atoms with van der Waals surface area (Å²) in [6.45, 7) is 7.86. The molecule has 0 aliphatic heterocycles. The van der Waals surface area contributed by atoms with Gasteiger partial charge in [-0.1, -0.05) is 45.0 Å². The molecule has 1 N–H and O–H groups in total. The predicted molar refractivity (Wildman–Crippen MR) is 71.9 cm³/mol. The van der Waals surface area contributed by atoms with Gasteiger partial charge >= 0.3 is 0 Å². The van der Waals surface area contributed by atoms with Crippen LogP contribution < -0.4 is 5.32 Å². The molecule has 0 aliphatic rings. The molecular formula is C15H25N. The first-order valence-electron chi connectivity index (χ1n) is 6.40. The lowest BCUT2D eigenvalue weighted by Crippen LogP contribution is -2.16. The smallest absolute Gasteiger partial charge is 0.00170 e. The third-order valence-electron chi connectivity index (χ3n) is 3.04. The molecule has 0 bridgehead atoms. The highest BCUT2D eigenvalue weighted by Crippen LogP contribution is 2.20. The molecule has 0 aromatic heterocycles. The first-order valence-corrected chi connectivity index (χ1v) is 6.40. The van der Waals surface area contributed by atoms with Gasteiger partial charge in [-0.3, -0.25) is 0 Å². The van der Waals surface area contributed by atoms with Crippen molar-refractivity contribution in [1.29, 1.82) is 0 Å². The molecule has 90 valence electrons. The molecule has 0 fully saturated rings. The highest BCUT2D eigenvalue weighted by molar-refractivity contribution is 5.25. The zero-order valence-electron chi connectivity index (χ0n) is 11.1. The van der Waals surface area contributed by atoms with Crippen LogP contribution >= 0.6 is 0 Å². The van der Waals surface area contributed by atoms with Gasteiger partial charge in [0.1, 0.15) is 0 Å². The van der Waals surface area contributed by atoms with Crippen LogP contribution in [0.1, 0.15) is 44.2 Å². The highest BCUT2D eigenvalue weighted by Gasteiger charge is 2.07. The lowest BCUT2D eigenvalue weighted by molar-refractivity contribution is 0.610. The van der Waals surface area contributed by atoms with Crippen molar-refractivity contribution in [3.8, 4) is 0 Å². The molecule has 0 aliphatic carbocycles.